The second-order valence-corrected chi connectivity index (χ2v) is 7.35. The highest BCUT2D eigenvalue weighted by molar-refractivity contribution is 6.21. The van der Waals surface area contributed by atoms with Gasteiger partial charge < -0.3 is 10.2 Å². The van der Waals surface area contributed by atoms with Crippen molar-refractivity contribution in [1.82, 2.24) is 0 Å². The minimum absolute atomic E-state index is 0.258. The molecule has 1 atom stereocenters. The summed E-state index contributed by atoms with van der Waals surface area (Å²) in [7, 11) is 0. The van der Waals surface area contributed by atoms with Crippen LogP contribution in [0.15, 0.2) is 102 Å². The lowest BCUT2D eigenvalue weighted by Gasteiger charge is -2.33. The Labute approximate surface area is 173 Å². The van der Waals surface area contributed by atoms with Crippen LogP contribution in [0.4, 0.5) is 11.4 Å². The molecule has 2 aliphatic heterocycles. The van der Waals surface area contributed by atoms with Gasteiger partial charge in [0.2, 0.25) is 0 Å². The second-order valence-electron chi connectivity index (χ2n) is 7.35. The van der Waals surface area contributed by atoms with Crippen LogP contribution in [0.25, 0.3) is 10.8 Å². The minimum Gasteiger partial charge on any atom is -0.349 e. The molecule has 4 aromatic carbocycles. The van der Waals surface area contributed by atoms with Crippen LogP contribution < -0.4 is 10.2 Å². The zero-order chi connectivity index (χ0) is 20.1. The van der Waals surface area contributed by atoms with Gasteiger partial charge in [-0.1, -0.05) is 90.1 Å². The zero-order valence-corrected chi connectivity index (χ0v) is 15.9. The Bertz CT molecular complexity index is 1330. The molecule has 0 fully saturated rings. The smallest absolute Gasteiger partial charge is 0.322 e. The van der Waals surface area contributed by atoms with Crippen molar-refractivity contribution >= 4 is 33.9 Å². The number of hydrogen-bond donors (Lipinski definition) is 1. The average molecular weight is 391 g/mol. The summed E-state index contributed by atoms with van der Waals surface area (Å²) in [6, 6.07) is 31.6. The highest BCUT2D eigenvalue weighted by atomic mass is 16.7. The summed E-state index contributed by atoms with van der Waals surface area (Å²) in [6.45, 7) is 0. The van der Waals surface area contributed by atoms with Gasteiger partial charge in [-0.25, -0.2) is 0 Å². The number of rotatable bonds is 2. The summed E-state index contributed by atoms with van der Waals surface area (Å²) in [5.74, 6) is 0.338. The fraction of sp³-hybridized carbons (Fsp3) is 0.0400. The van der Waals surface area contributed by atoms with Crippen molar-refractivity contribution in [2.24, 2.45) is 5.16 Å². The summed E-state index contributed by atoms with van der Waals surface area (Å²) in [4.78, 5) is 21.3. The van der Waals surface area contributed by atoms with E-state index in [1.807, 2.05) is 83.8 Å². The number of amides is 1. The first kappa shape index (κ1) is 16.8. The number of nitrogens with zero attached hydrogens (tertiary/aromatic N) is 2. The third-order valence-corrected chi connectivity index (χ3v) is 5.68. The van der Waals surface area contributed by atoms with E-state index in [0.29, 0.717) is 5.84 Å². The Kier molecular flexibility index (Phi) is 3.47. The van der Waals surface area contributed by atoms with E-state index in [9.17, 15) is 4.79 Å². The molecule has 1 spiro atoms. The van der Waals surface area contributed by atoms with Crippen molar-refractivity contribution < 1.29 is 9.63 Å². The highest BCUT2D eigenvalue weighted by Gasteiger charge is 2.60. The van der Waals surface area contributed by atoms with Gasteiger partial charge in [0, 0.05) is 10.9 Å². The van der Waals surface area contributed by atoms with Gasteiger partial charge in [-0.2, -0.15) is 0 Å². The number of nitrogens with one attached hydrogen (secondary N) is 1. The molecule has 2 heterocycles. The van der Waals surface area contributed by atoms with E-state index in [2.05, 4.69) is 28.7 Å². The molecule has 5 nitrogen and oxygen atoms in total. The van der Waals surface area contributed by atoms with Crippen molar-refractivity contribution in [3.63, 3.8) is 0 Å². The SMILES string of the molecule is O=C1Nc2ccccc2C12ON=C(c1ccccc1)N2c1cccc2ccccc12. The van der Waals surface area contributed by atoms with E-state index < -0.39 is 5.72 Å². The summed E-state index contributed by atoms with van der Waals surface area (Å²) < 4.78 is 0. The van der Waals surface area contributed by atoms with Crippen LogP contribution in [-0.2, 0) is 15.4 Å². The van der Waals surface area contributed by atoms with E-state index in [0.717, 1.165) is 33.3 Å². The Morgan fingerprint density at radius 2 is 1.53 bits per heavy atom. The topological polar surface area (TPSA) is 53.9 Å². The monoisotopic (exact) mass is 391 g/mol. The molecule has 144 valence electrons. The molecule has 1 unspecified atom stereocenters. The maximum absolute atomic E-state index is 13.4. The van der Waals surface area contributed by atoms with Crippen molar-refractivity contribution in [2.45, 2.75) is 5.72 Å². The van der Waals surface area contributed by atoms with Crippen molar-refractivity contribution in [3.8, 4) is 0 Å². The first-order valence-electron chi connectivity index (χ1n) is 9.79. The Balaban J connectivity index is 1.66. The van der Waals surface area contributed by atoms with E-state index in [1.54, 1.807) is 0 Å². The molecule has 30 heavy (non-hydrogen) atoms. The van der Waals surface area contributed by atoms with Gasteiger partial charge in [-0.05, 0) is 17.5 Å². The first-order chi connectivity index (χ1) is 14.8. The molecule has 0 bridgehead atoms. The number of para-hydroxylation sites is 1. The van der Waals surface area contributed by atoms with E-state index in [4.69, 9.17) is 4.84 Å². The quantitative estimate of drug-likeness (QED) is 0.532. The maximum atomic E-state index is 13.4. The molecule has 0 saturated heterocycles. The minimum atomic E-state index is -1.40. The Hall–Kier alpha value is -4.12. The number of benzene rings is 4. The molecule has 1 amide bonds. The lowest BCUT2D eigenvalue weighted by molar-refractivity contribution is -0.137. The number of anilines is 2. The molecule has 5 heteroatoms. The van der Waals surface area contributed by atoms with Crippen LogP contribution in [0.3, 0.4) is 0 Å². The van der Waals surface area contributed by atoms with E-state index in [-0.39, 0.29) is 5.91 Å². The number of fused-ring (bicyclic) bond motifs is 3. The molecular weight excluding hydrogens is 374 g/mol. The van der Waals surface area contributed by atoms with Crippen molar-refractivity contribution in [2.75, 3.05) is 10.2 Å². The van der Waals surface area contributed by atoms with Crippen LogP contribution in [0.2, 0.25) is 0 Å². The lowest BCUT2D eigenvalue weighted by Crippen LogP contribution is -2.51. The highest BCUT2D eigenvalue weighted by Crippen LogP contribution is 2.48. The molecule has 1 N–H and O–H groups in total. The number of carbonyl (C=O) groups excluding carboxylic acids is 1. The average Bonchev–Trinajstić information content (AvgIpc) is 3.33. The molecule has 6 rings (SSSR count). The largest absolute Gasteiger partial charge is 0.349 e. The zero-order valence-electron chi connectivity index (χ0n) is 15.9. The lowest BCUT2D eigenvalue weighted by atomic mass is 9.98. The molecule has 0 aromatic heterocycles. The van der Waals surface area contributed by atoms with Gasteiger partial charge >= 0.3 is 5.72 Å². The summed E-state index contributed by atoms with van der Waals surface area (Å²) >= 11 is 0. The van der Waals surface area contributed by atoms with Gasteiger partial charge in [0.1, 0.15) is 0 Å². The van der Waals surface area contributed by atoms with E-state index in [1.165, 1.54) is 0 Å². The number of amidine groups is 1. The molecule has 2 aliphatic rings. The van der Waals surface area contributed by atoms with Gasteiger partial charge in [-0.3, -0.25) is 9.69 Å². The predicted molar refractivity (Wildman–Crippen MR) is 117 cm³/mol. The van der Waals surface area contributed by atoms with Crippen molar-refractivity contribution in [3.05, 3.63) is 108 Å². The van der Waals surface area contributed by atoms with Gasteiger partial charge in [0.25, 0.3) is 5.91 Å². The second kappa shape index (κ2) is 6.19. The molecular formula is C25H17N3O2. The third-order valence-electron chi connectivity index (χ3n) is 5.68. The molecule has 0 radical (unpaired) electrons. The Morgan fingerprint density at radius 3 is 2.43 bits per heavy atom. The van der Waals surface area contributed by atoms with Crippen LogP contribution in [0.5, 0.6) is 0 Å². The number of carbonyl (C=O) groups is 1. The summed E-state index contributed by atoms with van der Waals surface area (Å²) in [6.07, 6.45) is 0. The van der Waals surface area contributed by atoms with Crippen LogP contribution in [0, 0.1) is 0 Å². The standard InChI is InChI=1S/C25H17N3O2/c29-24-25(20-14-6-7-15-21(20)26-24)28(23(27-30-25)18-10-2-1-3-11-18)22-16-8-12-17-9-4-5-13-19(17)22/h1-16H,(H,26,29). The summed E-state index contributed by atoms with van der Waals surface area (Å²) in [5.41, 5.74) is 1.82. The van der Waals surface area contributed by atoms with Crippen LogP contribution in [-0.4, -0.2) is 11.7 Å². The molecule has 0 aliphatic carbocycles. The fourth-order valence-electron chi connectivity index (χ4n) is 4.33. The Morgan fingerprint density at radius 1 is 0.800 bits per heavy atom. The van der Waals surface area contributed by atoms with Crippen molar-refractivity contribution in [1.29, 1.82) is 0 Å². The normalized spacial score (nSPS) is 19.5. The van der Waals surface area contributed by atoms with Gasteiger partial charge in [0.05, 0.1) is 16.9 Å². The number of oxime groups is 1. The number of hydrogen-bond acceptors (Lipinski definition) is 4. The summed E-state index contributed by atoms with van der Waals surface area (Å²) in [5, 5.41) is 9.51. The van der Waals surface area contributed by atoms with Crippen LogP contribution >= 0.6 is 0 Å². The third kappa shape index (κ3) is 2.17. The molecule has 0 saturated carbocycles. The first-order valence-corrected chi connectivity index (χ1v) is 9.79. The molecule has 4 aromatic rings. The van der Waals surface area contributed by atoms with Crippen LogP contribution in [0.1, 0.15) is 11.1 Å². The fourth-order valence-corrected chi connectivity index (χ4v) is 4.33. The van der Waals surface area contributed by atoms with E-state index >= 15 is 0 Å². The maximum Gasteiger partial charge on any atom is 0.322 e. The van der Waals surface area contributed by atoms with Gasteiger partial charge in [0.15, 0.2) is 5.84 Å². The predicted octanol–water partition coefficient (Wildman–Crippen LogP) is 4.84. The van der Waals surface area contributed by atoms with Gasteiger partial charge in [-0.15, -0.1) is 0 Å².